The maximum Gasteiger partial charge on any atom is 0.231 e. The summed E-state index contributed by atoms with van der Waals surface area (Å²) in [6.07, 6.45) is 1.15. The first kappa shape index (κ1) is 19.2. The Labute approximate surface area is 166 Å². The molecule has 0 aliphatic rings. The van der Waals surface area contributed by atoms with E-state index in [-0.39, 0.29) is 5.91 Å². The molecule has 0 unspecified atom stereocenters. The lowest BCUT2D eigenvalue weighted by Crippen LogP contribution is -2.34. The van der Waals surface area contributed by atoms with Gasteiger partial charge in [-0.15, -0.1) is 0 Å². The van der Waals surface area contributed by atoms with Crippen LogP contribution in [0.4, 0.5) is 5.69 Å². The molecule has 3 rings (SSSR count). The lowest BCUT2D eigenvalue weighted by atomic mass is 10.1. The van der Waals surface area contributed by atoms with Crippen molar-refractivity contribution >= 4 is 23.2 Å². The van der Waals surface area contributed by atoms with Crippen molar-refractivity contribution in [2.75, 3.05) is 11.4 Å². The largest absolute Gasteiger partial charge is 0.312 e. The molecule has 2 nitrogen and oxygen atoms in total. The van der Waals surface area contributed by atoms with Gasteiger partial charge in [0, 0.05) is 17.3 Å². The number of carbonyl (C=O) groups is 1. The highest BCUT2D eigenvalue weighted by Gasteiger charge is 2.17. The second kappa shape index (κ2) is 8.88. The van der Waals surface area contributed by atoms with Crippen LogP contribution in [-0.4, -0.2) is 12.5 Å². The normalized spacial score (nSPS) is 10.6. The first-order valence-corrected chi connectivity index (χ1v) is 9.57. The predicted octanol–water partition coefficient (Wildman–Crippen LogP) is 5.78. The highest BCUT2D eigenvalue weighted by molar-refractivity contribution is 6.30. The molecule has 0 bridgehead atoms. The fourth-order valence-corrected chi connectivity index (χ4v) is 3.30. The smallest absolute Gasteiger partial charge is 0.231 e. The summed E-state index contributed by atoms with van der Waals surface area (Å²) < 4.78 is 0. The van der Waals surface area contributed by atoms with Gasteiger partial charge < -0.3 is 4.90 Å². The van der Waals surface area contributed by atoms with Gasteiger partial charge in [-0.05, 0) is 66.8 Å². The summed E-state index contributed by atoms with van der Waals surface area (Å²) in [5, 5.41) is 0.723. The zero-order chi connectivity index (χ0) is 19.2. The molecule has 3 aromatic rings. The number of hydrogen-bond acceptors (Lipinski definition) is 1. The van der Waals surface area contributed by atoms with Gasteiger partial charge >= 0.3 is 0 Å². The van der Waals surface area contributed by atoms with E-state index in [1.807, 2.05) is 65.6 Å². The van der Waals surface area contributed by atoms with E-state index in [0.29, 0.717) is 13.0 Å². The molecule has 0 aromatic heterocycles. The Morgan fingerprint density at radius 2 is 1.59 bits per heavy atom. The Morgan fingerprint density at radius 3 is 2.30 bits per heavy atom. The van der Waals surface area contributed by atoms with Gasteiger partial charge in [-0.2, -0.15) is 0 Å². The number of aryl methyl sites for hydroxylation is 2. The Kier molecular flexibility index (Phi) is 6.31. The van der Waals surface area contributed by atoms with E-state index in [0.717, 1.165) is 28.3 Å². The molecule has 0 fully saturated rings. The van der Waals surface area contributed by atoms with Crippen LogP contribution in [0.3, 0.4) is 0 Å². The number of amides is 1. The number of carbonyl (C=O) groups excluding carboxylic acids is 1. The molecule has 0 radical (unpaired) electrons. The minimum Gasteiger partial charge on any atom is -0.312 e. The zero-order valence-corrected chi connectivity index (χ0v) is 16.5. The molecule has 138 valence electrons. The molecule has 0 spiro atoms. The maximum atomic E-state index is 13.1. The number of hydrogen-bond donors (Lipinski definition) is 0. The van der Waals surface area contributed by atoms with Gasteiger partial charge in [-0.25, -0.2) is 0 Å². The summed E-state index contributed by atoms with van der Waals surface area (Å²) in [7, 11) is 0. The summed E-state index contributed by atoms with van der Waals surface area (Å²) in [5.41, 5.74) is 5.51. The number of anilines is 1. The molecule has 0 saturated heterocycles. The van der Waals surface area contributed by atoms with E-state index in [2.05, 4.69) is 26.0 Å². The average Bonchev–Trinajstić information content (AvgIpc) is 2.65. The van der Waals surface area contributed by atoms with E-state index < -0.39 is 0 Å². The molecule has 3 aromatic carbocycles. The number of benzene rings is 3. The summed E-state index contributed by atoms with van der Waals surface area (Å²) >= 11 is 6.10. The number of nitrogens with zero attached hydrogens (tertiary/aromatic N) is 1. The Hall–Kier alpha value is -2.58. The second-order valence-corrected chi connectivity index (χ2v) is 7.29. The van der Waals surface area contributed by atoms with Crippen LogP contribution in [0.5, 0.6) is 0 Å². The van der Waals surface area contributed by atoms with E-state index in [9.17, 15) is 4.79 Å². The third-order valence-electron chi connectivity index (χ3n) is 4.81. The number of rotatable bonds is 6. The molecule has 3 heteroatoms. The summed E-state index contributed by atoms with van der Waals surface area (Å²) in [6, 6.07) is 23.9. The van der Waals surface area contributed by atoms with Crippen molar-refractivity contribution in [2.45, 2.75) is 26.7 Å². The molecule has 0 atom stereocenters. The van der Waals surface area contributed by atoms with Gasteiger partial charge in [0.1, 0.15) is 0 Å². The molecule has 0 aliphatic heterocycles. The highest BCUT2D eigenvalue weighted by atomic mass is 35.5. The Morgan fingerprint density at radius 1 is 0.852 bits per heavy atom. The van der Waals surface area contributed by atoms with Gasteiger partial charge in [0.2, 0.25) is 5.91 Å². The van der Waals surface area contributed by atoms with E-state index in [1.165, 1.54) is 11.1 Å². The molecule has 0 saturated carbocycles. The summed E-state index contributed by atoms with van der Waals surface area (Å²) in [4.78, 5) is 15.0. The minimum absolute atomic E-state index is 0.103. The fourth-order valence-electron chi connectivity index (χ4n) is 3.09. The average molecular weight is 378 g/mol. The Bertz CT molecular complexity index is 921. The van der Waals surface area contributed by atoms with Crippen molar-refractivity contribution < 1.29 is 4.79 Å². The van der Waals surface area contributed by atoms with Crippen LogP contribution in [0.25, 0.3) is 0 Å². The summed E-state index contributed by atoms with van der Waals surface area (Å²) in [5.74, 6) is 0.103. The van der Waals surface area contributed by atoms with E-state index in [4.69, 9.17) is 11.6 Å². The van der Waals surface area contributed by atoms with Gasteiger partial charge in [0.25, 0.3) is 0 Å². The van der Waals surface area contributed by atoms with Crippen LogP contribution in [0, 0.1) is 13.8 Å². The SMILES string of the molecule is Cc1ccc(N(CCc2cccc(Cl)c2)C(=O)Cc2ccccc2)cc1C. The molecule has 0 heterocycles. The van der Waals surface area contributed by atoms with Crippen molar-refractivity contribution in [1.29, 1.82) is 0 Å². The highest BCUT2D eigenvalue weighted by Crippen LogP contribution is 2.21. The van der Waals surface area contributed by atoms with Crippen LogP contribution in [0.15, 0.2) is 72.8 Å². The zero-order valence-electron chi connectivity index (χ0n) is 15.8. The van der Waals surface area contributed by atoms with E-state index in [1.54, 1.807) is 0 Å². The first-order chi connectivity index (χ1) is 13.0. The molecule has 0 N–H and O–H groups in total. The van der Waals surface area contributed by atoms with Crippen molar-refractivity contribution in [1.82, 2.24) is 0 Å². The predicted molar refractivity (Wildman–Crippen MR) is 114 cm³/mol. The van der Waals surface area contributed by atoms with Crippen molar-refractivity contribution in [3.63, 3.8) is 0 Å². The molecular weight excluding hydrogens is 354 g/mol. The standard InChI is InChI=1S/C24H24ClNO/c1-18-11-12-23(15-19(18)2)26(14-13-21-9-6-10-22(25)16-21)24(27)17-20-7-4-3-5-8-20/h3-12,15-16H,13-14,17H2,1-2H3. The topological polar surface area (TPSA) is 20.3 Å². The maximum absolute atomic E-state index is 13.1. The molecular formula is C24H24ClNO. The van der Waals surface area contributed by atoms with Crippen LogP contribution >= 0.6 is 11.6 Å². The van der Waals surface area contributed by atoms with Crippen molar-refractivity contribution in [3.05, 3.63) is 100 Å². The van der Waals surface area contributed by atoms with E-state index >= 15 is 0 Å². The minimum atomic E-state index is 0.103. The number of halogens is 1. The van der Waals surface area contributed by atoms with Gasteiger partial charge in [-0.1, -0.05) is 60.1 Å². The third kappa shape index (κ3) is 5.21. The van der Waals surface area contributed by atoms with Gasteiger partial charge in [-0.3, -0.25) is 4.79 Å². The lowest BCUT2D eigenvalue weighted by molar-refractivity contribution is -0.118. The third-order valence-corrected chi connectivity index (χ3v) is 5.05. The quantitative estimate of drug-likeness (QED) is 0.533. The van der Waals surface area contributed by atoms with Gasteiger partial charge in [0.15, 0.2) is 0 Å². The summed E-state index contributed by atoms with van der Waals surface area (Å²) in [6.45, 7) is 4.78. The van der Waals surface area contributed by atoms with Gasteiger partial charge in [0.05, 0.1) is 6.42 Å². The first-order valence-electron chi connectivity index (χ1n) is 9.19. The molecule has 0 aliphatic carbocycles. The fraction of sp³-hybridized carbons (Fsp3) is 0.208. The Balaban J connectivity index is 1.83. The van der Waals surface area contributed by atoms with Crippen LogP contribution in [0.2, 0.25) is 5.02 Å². The van der Waals surface area contributed by atoms with Crippen molar-refractivity contribution in [2.24, 2.45) is 0 Å². The van der Waals surface area contributed by atoms with Crippen LogP contribution in [-0.2, 0) is 17.6 Å². The van der Waals surface area contributed by atoms with Crippen molar-refractivity contribution in [3.8, 4) is 0 Å². The monoisotopic (exact) mass is 377 g/mol. The second-order valence-electron chi connectivity index (χ2n) is 6.86. The van der Waals surface area contributed by atoms with Crippen LogP contribution < -0.4 is 4.90 Å². The lowest BCUT2D eigenvalue weighted by Gasteiger charge is -2.24. The van der Waals surface area contributed by atoms with Crippen LogP contribution in [0.1, 0.15) is 22.3 Å². The molecule has 1 amide bonds. The molecule has 27 heavy (non-hydrogen) atoms.